The van der Waals surface area contributed by atoms with E-state index in [-0.39, 0.29) is 46.1 Å². The molecule has 10 atom stereocenters. The lowest BCUT2D eigenvalue weighted by atomic mass is 9.58. The number of H-pyrrole nitrogens is 5. The van der Waals surface area contributed by atoms with E-state index in [1.165, 1.54) is 178 Å². The second-order valence-corrected chi connectivity index (χ2v) is 44.0. The first-order valence-corrected chi connectivity index (χ1v) is 52.5. The van der Waals surface area contributed by atoms with Gasteiger partial charge in [0.05, 0.1) is 96.6 Å². The number of rotatable bonds is 20. The zero-order valence-electron chi connectivity index (χ0n) is 83.7. The first-order chi connectivity index (χ1) is 70.1. The monoisotopic (exact) mass is 1970 g/mol. The summed E-state index contributed by atoms with van der Waals surface area (Å²) in [6.07, 6.45) is 44.5. The number of para-hydroxylation sites is 5. The summed E-state index contributed by atoms with van der Waals surface area (Å²) < 4.78 is 73.2. The number of non-ortho nitro benzene ring substituents is 3. The molecule has 2 unspecified atom stereocenters. The molecule has 15 aromatic rings. The van der Waals surface area contributed by atoms with Gasteiger partial charge in [-0.05, 0) is 291 Å². The molecule has 31 heteroatoms. The summed E-state index contributed by atoms with van der Waals surface area (Å²) >= 11 is 0. The third-order valence-electron chi connectivity index (χ3n) is 36.7. The molecule has 10 heterocycles. The highest BCUT2D eigenvalue weighted by molar-refractivity contribution is 6.03. The van der Waals surface area contributed by atoms with Gasteiger partial charge in [0.2, 0.25) is 0 Å². The quantitative estimate of drug-likeness (QED) is 0.0269. The molecule has 15 aliphatic rings. The van der Waals surface area contributed by atoms with E-state index >= 15 is 0 Å². The standard InChI is InChI=1S/2C24H29FN4.3C22H23FN4O2/c2*1-14-15-7-9-16(10-8-15)18(14)11-21-20(25)13-27-24(28-21)19-12-26-23-17(19)5-4-6-22(23)29(2)3;3*1-12-13-5-7-14(8-6-13)16(12)9-19-18(23)11-25-22(26-19)17-10-24-21-15(17)3-2-4-20(21)27(28)29/h2*4-6,12-16,18,26H,7-11H2,1-3H3;3*2-4,10-14,16,24H,5-9H2,1H3/t2*14-,15?,16?,18+;2*12-,13?,14?,16+;/m1010./s1. The summed E-state index contributed by atoms with van der Waals surface area (Å²) in [4.78, 5) is 96.8. The van der Waals surface area contributed by atoms with E-state index in [1.807, 2.05) is 52.7 Å². The Balaban J connectivity index is 0.000000107. The van der Waals surface area contributed by atoms with Gasteiger partial charge in [-0.1, -0.05) is 95.3 Å². The van der Waals surface area contributed by atoms with Crippen molar-refractivity contribution in [2.75, 3.05) is 38.0 Å². The summed E-state index contributed by atoms with van der Waals surface area (Å²) in [6, 6.07) is 27.1. The van der Waals surface area contributed by atoms with Crippen molar-refractivity contribution in [2.45, 2.75) is 195 Å². The third kappa shape index (κ3) is 19.1. The minimum atomic E-state index is -0.418. The topological polar surface area (TPSA) is 344 Å². The lowest BCUT2D eigenvalue weighted by Crippen LogP contribution is -2.39. The van der Waals surface area contributed by atoms with E-state index in [1.54, 1.807) is 55.0 Å². The van der Waals surface area contributed by atoms with Gasteiger partial charge in [-0.3, -0.25) is 30.3 Å². The Morgan fingerprint density at radius 3 is 0.641 bits per heavy atom. The van der Waals surface area contributed by atoms with Crippen LogP contribution in [0.2, 0.25) is 0 Å². The number of halogens is 5. The normalized spacial score (nSPS) is 26.2. The SMILES string of the molecule is CC1C2CCC(CC2)C1Cc1nc(-c2c[nH]c3c([N+](=O)[O-])cccc23)ncc1F.C[C@@H]1C2CCC(CC2)[C@H]1Cc1nc(-c2c[nH]c3c(N(C)C)cccc23)ncc1F.C[C@@H]1C2CCC(CC2)[C@H]1Cc1nc(-c2c[nH]c3c([N+](=O)[O-])cccc23)ncc1F.C[C@H]1C2CCC(CC2)[C@@H]1Cc1nc(-c2c[nH]c3c(N(C)C)cccc23)ncc1F.C[C@H]1C2CCC(CC2)[C@@H]1Cc1nc(-c2c[nH]c3c([N+](=O)[O-])cccc23)ncc1F. The molecule has 0 spiro atoms. The van der Waals surface area contributed by atoms with Crippen LogP contribution in [0, 0.1) is 178 Å². The highest BCUT2D eigenvalue weighted by Crippen LogP contribution is 2.56. The molecule has 0 saturated heterocycles. The highest BCUT2D eigenvalue weighted by atomic mass is 19.1. The highest BCUT2D eigenvalue weighted by Gasteiger charge is 2.47. The number of anilines is 2. The van der Waals surface area contributed by atoms with Gasteiger partial charge in [-0.15, -0.1) is 0 Å². The summed E-state index contributed by atoms with van der Waals surface area (Å²) in [7, 11) is 8.11. The number of nitrogens with zero attached hydrogens (tertiary/aromatic N) is 15. The predicted octanol–water partition coefficient (Wildman–Crippen LogP) is 26.8. The van der Waals surface area contributed by atoms with Crippen molar-refractivity contribution in [3.63, 3.8) is 0 Å². The maximum absolute atomic E-state index is 14.7. The Morgan fingerprint density at radius 1 is 0.276 bits per heavy atom. The molecule has 754 valence electrons. The minimum Gasteiger partial charge on any atom is -0.376 e. The molecule has 10 aromatic heterocycles. The molecule has 0 radical (unpaired) electrons. The van der Waals surface area contributed by atoms with E-state index in [0.717, 1.165) is 98.6 Å². The van der Waals surface area contributed by atoms with Crippen LogP contribution in [-0.2, 0) is 32.1 Å². The third-order valence-corrected chi connectivity index (χ3v) is 36.7. The van der Waals surface area contributed by atoms with Crippen LogP contribution in [0.15, 0.2) is 153 Å². The van der Waals surface area contributed by atoms with Gasteiger partial charge in [0.25, 0.3) is 17.1 Å². The second-order valence-electron chi connectivity index (χ2n) is 44.0. The number of benzene rings is 5. The molecule has 15 saturated carbocycles. The van der Waals surface area contributed by atoms with Crippen molar-refractivity contribution in [1.82, 2.24) is 74.8 Å². The van der Waals surface area contributed by atoms with Crippen LogP contribution in [0.5, 0.6) is 0 Å². The average Bonchev–Trinajstić information content (AvgIpc) is 1.67. The molecular formula is C114H127F5N20O6. The molecule has 26 nitrogen and oxygen atoms in total. The number of nitro groups is 3. The Kier molecular flexibility index (Phi) is 27.6. The van der Waals surface area contributed by atoms with Crippen molar-refractivity contribution in [3.05, 3.63) is 241 Å². The Bertz CT molecular complexity index is 6730. The smallest absolute Gasteiger partial charge is 0.293 e. The number of nitro benzene ring substituents is 3. The Labute approximate surface area is 839 Å². The first kappa shape index (κ1) is 97.7. The van der Waals surface area contributed by atoms with Gasteiger partial charge in [0, 0.05) is 132 Å². The first-order valence-electron chi connectivity index (χ1n) is 52.5. The number of aromatic nitrogens is 15. The molecule has 10 bridgehead atoms. The van der Waals surface area contributed by atoms with Crippen molar-refractivity contribution < 1.29 is 36.7 Å². The number of hydrogen-bond acceptors (Lipinski definition) is 18. The molecule has 145 heavy (non-hydrogen) atoms. The second kappa shape index (κ2) is 40.9. The Hall–Kier alpha value is -13.4. The average molecular weight is 1970 g/mol. The lowest BCUT2D eigenvalue weighted by Gasteiger charge is -2.47. The van der Waals surface area contributed by atoms with E-state index in [4.69, 9.17) is 9.97 Å². The molecule has 0 amide bonds. The zero-order valence-corrected chi connectivity index (χ0v) is 83.7. The maximum Gasteiger partial charge on any atom is 0.293 e. The van der Waals surface area contributed by atoms with E-state index in [9.17, 15) is 52.3 Å². The minimum absolute atomic E-state index is 0.00291. The van der Waals surface area contributed by atoms with Crippen molar-refractivity contribution in [2.24, 2.45) is 118 Å². The van der Waals surface area contributed by atoms with Crippen LogP contribution in [0.3, 0.4) is 0 Å². The van der Waals surface area contributed by atoms with Crippen LogP contribution in [0.1, 0.15) is 192 Å². The maximum atomic E-state index is 14.7. The predicted molar refractivity (Wildman–Crippen MR) is 554 cm³/mol. The van der Waals surface area contributed by atoms with Gasteiger partial charge < -0.3 is 34.7 Å². The molecule has 5 aromatic carbocycles. The van der Waals surface area contributed by atoms with E-state index < -0.39 is 14.8 Å². The lowest BCUT2D eigenvalue weighted by molar-refractivity contribution is -0.383. The van der Waals surface area contributed by atoms with Crippen molar-refractivity contribution >= 4 is 83.0 Å². The van der Waals surface area contributed by atoms with Crippen LogP contribution in [0.4, 0.5) is 50.4 Å². The van der Waals surface area contributed by atoms with Gasteiger partial charge in [0.1, 0.15) is 16.6 Å². The van der Waals surface area contributed by atoms with Crippen LogP contribution in [-0.4, -0.2) is 118 Å². The summed E-state index contributed by atoms with van der Waals surface area (Å²) in [6.45, 7) is 11.6. The van der Waals surface area contributed by atoms with Gasteiger partial charge in [-0.2, -0.15) is 0 Å². The number of fused-ring (bicyclic) bond motifs is 20. The summed E-state index contributed by atoms with van der Waals surface area (Å²) in [5, 5.41) is 38.0. The zero-order chi connectivity index (χ0) is 101. The number of hydrogen-bond donors (Lipinski definition) is 5. The van der Waals surface area contributed by atoms with E-state index in [2.05, 4.69) is 133 Å². The van der Waals surface area contributed by atoms with Crippen molar-refractivity contribution in [1.29, 1.82) is 0 Å². The molecule has 30 rings (SSSR count). The molecule has 15 aliphatic carbocycles. The summed E-state index contributed by atoms with van der Waals surface area (Å²) in [5.74, 6) is 13.7. The fourth-order valence-electron chi connectivity index (χ4n) is 28.5. The molecule has 15 fully saturated rings. The van der Waals surface area contributed by atoms with E-state index in [0.29, 0.717) is 203 Å². The Morgan fingerprint density at radius 2 is 0.455 bits per heavy atom. The fraction of sp³-hybridized carbons (Fsp3) is 0.474. The largest absolute Gasteiger partial charge is 0.376 e. The van der Waals surface area contributed by atoms with Crippen molar-refractivity contribution in [3.8, 4) is 56.9 Å². The van der Waals surface area contributed by atoms with Crippen LogP contribution in [0.25, 0.3) is 111 Å². The molecular weight excluding hydrogens is 1840 g/mol. The van der Waals surface area contributed by atoms with Gasteiger partial charge in [-0.25, -0.2) is 71.8 Å². The molecule has 5 N–H and O–H groups in total. The van der Waals surface area contributed by atoms with Crippen LogP contribution < -0.4 is 9.80 Å². The summed E-state index contributed by atoms with van der Waals surface area (Å²) in [5.41, 5.74) is 12.0. The van der Waals surface area contributed by atoms with Gasteiger partial charge >= 0.3 is 0 Å². The fourth-order valence-corrected chi connectivity index (χ4v) is 28.5. The van der Waals surface area contributed by atoms with Crippen LogP contribution >= 0.6 is 0 Å². The number of nitrogens with one attached hydrogen (secondary N) is 5. The molecule has 0 aliphatic heterocycles. The van der Waals surface area contributed by atoms with Gasteiger partial charge in [0.15, 0.2) is 58.2 Å². The number of aromatic amines is 5.